The zero-order valence-corrected chi connectivity index (χ0v) is 24.8. The Kier molecular flexibility index (Phi) is 14.7. The van der Waals surface area contributed by atoms with Gasteiger partial charge in [-0.15, -0.1) is 0 Å². The van der Waals surface area contributed by atoms with Gasteiger partial charge in [-0.3, -0.25) is 0 Å². The zero-order valence-electron chi connectivity index (χ0n) is 24.8. The minimum Gasteiger partial charge on any atom is -0.478 e. The molecule has 2 heteroatoms. The maximum atomic E-state index is 13.3. The first kappa shape index (κ1) is 30.7. The standard InChI is InChI=1S/C35H62O2/c1-35(31-25-19-13-7-3-8-14-20-26-31,32-27-21-15-9-4-10-16-22-28-32)33(34(36)37)29-30-23-17-11-5-2-6-12-18-24-30/h29-32H,2-28H2,1H3,(H,36,37). The molecule has 0 bridgehead atoms. The van der Waals surface area contributed by atoms with Crippen LogP contribution in [0.2, 0.25) is 0 Å². The van der Waals surface area contributed by atoms with Gasteiger partial charge in [-0.2, -0.15) is 0 Å². The molecule has 0 spiro atoms. The van der Waals surface area contributed by atoms with Crippen LogP contribution in [0.1, 0.15) is 180 Å². The van der Waals surface area contributed by atoms with Crippen molar-refractivity contribution in [1.82, 2.24) is 0 Å². The number of allylic oxidation sites excluding steroid dienone is 1. The number of aliphatic carboxylic acids is 1. The van der Waals surface area contributed by atoms with Crippen molar-refractivity contribution in [3.8, 4) is 0 Å². The highest BCUT2D eigenvalue weighted by molar-refractivity contribution is 5.88. The largest absolute Gasteiger partial charge is 0.478 e. The summed E-state index contributed by atoms with van der Waals surface area (Å²) in [7, 11) is 0. The molecule has 3 aliphatic carbocycles. The van der Waals surface area contributed by atoms with Crippen molar-refractivity contribution in [1.29, 1.82) is 0 Å². The summed E-state index contributed by atoms with van der Waals surface area (Å²) >= 11 is 0. The maximum absolute atomic E-state index is 13.3. The van der Waals surface area contributed by atoms with Gasteiger partial charge in [0.15, 0.2) is 0 Å². The molecular formula is C35H62O2. The van der Waals surface area contributed by atoms with Crippen LogP contribution in [0.3, 0.4) is 0 Å². The van der Waals surface area contributed by atoms with E-state index in [9.17, 15) is 9.90 Å². The van der Waals surface area contributed by atoms with E-state index in [0.717, 1.165) is 5.57 Å². The van der Waals surface area contributed by atoms with Gasteiger partial charge in [0.25, 0.3) is 0 Å². The van der Waals surface area contributed by atoms with Crippen LogP contribution in [0.25, 0.3) is 0 Å². The second-order valence-corrected chi connectivity index (χ2v) is 13.5. The lowest BCUT2D eigenvalue weighted by molar-refractivity contribution is -0.135. The van der Waals surface area contributed by atoms with Gasteiger partial charge in [-0.05, 0) is 56.3 Å². The van der Waals surface area contributed by atoms with E-state index in [-0.39, 0.29) is 5.41 Å². The normalized spacial score (nSPS) is 25.3. The third-order valence-electron chi connectivity index (χ3n) is 10.8. The minimum absolute atomic E-state index is 0.181. The summed E-state index contributed by atoms with van der Waals surface area (Å²) in [6.45, 7) is 2.46. The molecule has 3 rings (SSSR count). The van der Waals surface area contributed by atoms with Gasteiger partial charge in [0.2, 0.25) is 0 Å². The Bertz CT molecular complexity index is 594. The molecule has 0 aliphatic heterocycles. The topological polar surface area (TPSA) is 37.3 Å². The van der Waals surface area contributed by atoms with E-state index in [1.165, 1.54) is 173 Å². The molecule has 0 aromatic carbocycles. The molecule has 214 valence electrons. The Balaban J connectivity index is 1.96. The molecule has 2 nitrogen and oxygen atoms in total. The van der Waals surface area contributed by atoms with Gasteiger partial charge in [-0.25, -0.2) is 4.79 Å². The Morgan fingerprint density at radius 2 is 0.784 bits per heavy atom. The van der Waals surface area contributed by atoms with Gasteiger partial charge in [0, 0.05) is 11.0 Å². The molecule has 0 aromatic heterocycles. The van der Waals surface area contributed by atoms with Crippen LogP contribution in [0.4, 0.5) is 0 Å². The van der Waals surface area contributed by atoms with Gasteiger partial charge in [0.1, 0.15) is 0 Å². The summed E-state index contributed by atoms with van der Waals surface area (Å²) < 4.78 is 0. The van der Waals surface area contributed by atoms with Gasteiger partial charge in [-0.1, -0.05) is 148 Å². The lowest BCUT2D eigenvalue weighted by Crippen LogP contribution is -2.41. The Morgan fingerprint density at radius 3 is 1.08 bits per heavy atom. The third kappa shape index (κ3) is 10.4. The number of hydrogen-bond donors (Lipinski definition) is 1. The van der Waals surface area contributed by atoms with Crippen LogP contribution < -0.4 is 0 Å². The van der Waals surface area contributed by atoms with E-state index in [2.05, 4.69) is 13.0 Å². The van der Waals surface area contributed by atoms with Crippen molar-refractivity contribution in [3.05, 3.63) is 11.6 Å². The Labute approximate surface area is 230 Å². The first-order valence-electron chi connectivity index (χ1n) is 17.1. The van der Waals surface area contributed by atoms with E-state index in [1.54, 1.807) is 0 Å². The summed E-state index contributed by atoms with van der Waals surface area (Å²) in [6.07, 6.45) is 37.9. The van der Waals surface area contributed by atoms with Gasteiger partial charge in [0.05, 0.1) is 0 Å². The Morgan fingerprint density at radius 1 is 0.514 bits per heavy atom. The number of carboxylic acid groups (broad SMARTS) is 1. The average molecular weight is 515 g/mol. The molecule has 0 radical (unpaired) electrons. The van der Waals surface area contributed by atoms with Crippen LogP contribution >= 0.6 is 0 Å². The molecule has 0 saturated heterocycles. The number of hydrogen-bond acceptors (Lipinski definition) is 1. The Hall–Kier alpha value is -0.790. The molecule has 0 amide bonds. The number of carbonyl (C=O) groups is 1. The van der Waals surface area contributed by atoms with E-state index < -0.39 is 5.97 Å². The van der Waals surface area contributed by atoms with Gasteiger partial charge >= 0.3 is 5.97 Å². The van der Waals surface area contributed by atoms with E-state index in [1.807, 2.05) is 0 Å². The third-order valence-corrected chi connectivity index (χ3v) is 10.8. The van der Waals surface area contributed by atoms with Crippen LogP contribution in [0.5, 0.6) is 0 Å². The fourth-order valence-electron chi connectivity index (χ4n) is 8.32. The van der Waals surface area contributed by atoms with Crippen molar-refractivity contribution < 1.29 is 9.90 Å². The molecule has 0 aromatic rings. The molecular weight excluding hydrogens is 452 g/mol. The molecule has 3 fully saturated rings. The summed E-state index contributed by atoms with van der Waals surface area (Å²) in [6, 6.07) is 0. The predicted molar refractivity (Wildman–Crippen MR) is 159 cm³/mol. The molecule has 0 heterocycles. The lowest BCUT2D eigenvalue weighted by atomic mass is 9.57. The average Bonchev–Trinajstić information content (AvgIpc) is 2.91. The zero-order chi connectivity index (χ0) is 26.2. The van der Waals surface area contributed by atoms with Crippen LogP contribution in [0, 0.1) is 23.2 Å². The van der Waals surface area contributed by atoms with Gasteiger partial charge < -0.3 is 5.11 Å². The van der Waals surface area contributed by atoms with E-state index in [0.29, 0.717) is 17.8 Å². The second kappa shape index (κ2) is 17.7. The molecule has 37 heavy (non-hydrogen) atoms. The number of rotatable bonds is 5. The highest BCUT2D eigenvalue weighted by atomic mass is 16.4. The fraction of sp³-hybridized carbons (Fsp3) is 0.914. The van der Waals surface area contributed by atoms with Crippen molar-refractivity contribution in [2.45, 2.75) is 180 Å². The van der Waals surface area contributed by atoms with Crippen molar-refractivity contribution in [3.63, 3.8) is 0 Å². The second-order valence-electron chi connectivity index (χ2n) is 13.5. The molecule has 0 unspecified atom stereocenters. The summed E-state index contributed by atoms with van der Waals surface area (Å²) in [5, 5.41) is 10.9. The van der Waals surface area contributed by atoms with Crippen LogP contribution in [-0.2, 0) is 4.79 Å². The minimum atomic E-state index is -0.589. The van der Waals surface area contributed by atoms with Crippen molar-refractivity contribution >= 4 is 5.97 Å². The monoisotopic (exact) mass is 514 g/mol. The van der Waals surface area contributed by atoms with Crippen molar-refractivity contribution in [2.75, 3.05) is 0 Å². The predicted octanol–water partition coefficient (Wildman–Crippen LogP) is 11.4. The SMILES string of the molecule is CC(C(=CC1CCCCCCCCC1)C(=O)O)(C1CCCCCCCCC1)C1CCCCCCCCC1. The number of carboxylic acids is 1. The summed E-state index contributed by atoms with van der Waals surface area (Å²) in [4.78, 5) is 13.3. The molecule has 3 saturated carbocycles. The van der Waals surface area contributed by atoms with E-state index in [4.69, 9.17) is 0 Å². The van der Waals surface area contributed by atoms with Crippen molar-refractivity contribution in [2.24, 2.45) is 23.2 Å². The first-order chi connectivity index (χ1) is 18.1. The molecule has 3 aliphatic rings. The lowest BCUT2D eigenvalue weighted by Gasteiger charge is -2.46. The van der Waals surface area contributed by atoms with E-state index >= 15 is 0 Å². The maximum Gasteiger partial charge on any atom is 0.331 e. The highest BCUT2D eigenvalue weighted by Crippen LogP contribution is 2.52. The molecule has 1 N–H and O–H groups in total. The first-order valence-corrected chi connectivity index (χ1v) is 17.1. The quantitative estimate of drug-likeness (QED) is 0.370. The highest BCUT2D eigenvalue weighted by Gasteiger charge is 2.45. The van der Waals surface area contributed by atoms with Crippen LogP contribution in [-0.4, -0.2) is 11.1 Å². The summed E-state index contributed by atoms with van der Waals surface area (Å²) in [5.74, 6) is 0.928. The van der Waals surface area contributed by atoms with Crippen LogP contribution in [0.15, 0.2) is 11.6 Å². The molecule has 0 atom stereocenters. The summed E-state index contributed by atoms with van der Waals surface area (Å²) in [5.41, 5.74) is 0.665. The fourth-order valence-corrected chi connectivity index (χ4v) is 8.32. The smallest absolute Gasteiger partial charge is 0.331 e.